The molecule has 0 unspecified atom stereocenters. The van der Waals surface area contributed by atoms with Gasteiger partial charge >= 0.3 is 6.18 Å². The van der Waals surface area contributed by atoms with E-state index in [1.165, 1.54) is 0 Å². The maximum Gasteiger partial charge on any atom is 0.433 e. The van der Waals surface area contributed by atoms with Crippen LogP contribution in [0.1, 0.15) is 41.7 Å². The second-order valence-electron chi connectivity index (χ2n) is 10.2. The van der Waals surface area contributed by atoms with Crippen LogP contribution in [0.15, 0.2) is 48.5 Å². The van der Waals surface area contributed by atoms with E-state index < -0.39 is 11.9 Å². The number of likely N-dealkylation sites (N-methyl/N-ethyl adjacent to an activating group) is 1. The van der Waals surface area contributed by atoms with E-state index >= 15 is 0 Å². The molecular formula is C28H31ClF3N5O. The number of rotatable bonds is 5. The molecule has 2 atom stereocenters. The summed E-state index contributed by atoms with van der Waals surface area (Å²) in [6.07, 6.45) is -1.51. The number of carbonyl (C=O) groups is 1. The number of para-hydroxylation sites is 1. The van der Waals surface area contributed by atoms with E-state index in [-0.39, 0.29) is 18.0 Å². The molecule has 1 aliphatic heterocycles. The minimum atomic E-state index is -4.54. The van der Waals surface area contributed by atoms with Gasteiger partial charge in [-0.3, -0.25) is 4.79 Å². The molecule has 1 saturated heterocycles. The van der Waals surface area contributed by atoms with Crippen molar-refractivity contribution in [3.8, 4) is 0 Å². The minimum Gasteiger partial charge on any atom is -0.382 e. The molecule has 1 amide bonds. The highest BCUT2D eigenvalue weighted by Crippen LogP contribution is 2.34. The van der Waals surface area contributed by atoms with Crippen molar-refractivity contribution in [1.82, 2.24) is 15.2 Å². The fourth-order valence-electron chi connectivity index (χ4n) is 5.32. The van der Waals surface area contributed by atoms with Crippen molar-refractivity contribution in [2.45, 2.75) is 43.9 Å². The van der Waals surface area contributed by atoms with Crippen LogP contribution in [-0.4, -0.2) is 61.1 Å². The van der Waals surface area contributed by atoms with Crippen molar-refractivity contribution < 1.29 is 18.0 Å². The Balaban J connectivity index is 1.26. The smallest absolute Gasteiger partial charge is 0.382 e. The molecule has 2 aromatic carbocycles. The summed E-state index contributed by atoms with van der Waals surface area (Å²) in [6, 6.07) is 13.2. The van der Waals surface area contributed by atoms with Crippen LogP contribution in [-0.2, 0) is 6.18 Å². The number of benzene rings is 2. The zero-order valence-corrected chi connectivity index (χ0v) is 21.9. The van der Waals surface area contributed by atoms with Gasteiger partial charge in [-0.25, -0.2) is 4.98 Å². The quantitative estimate of drug-likeness (QED) is 0.423. The molecule has 2 aliphatic rings. The lowest BCUT2D eigenvalue weighted by atomic mass is 9.90. The van der Waals surface area contributed by atoms with E-state index in [0.717, 1.165) is 57.2 Å². The first-order valence-electron chi connectivity index (χ1n) is 12.9. The summed E-state index contributed by atoms with van der Waals surface area (Å²) < 4.78 is 40.4. The molecule has 2 heterocycles. The van der Waals surface area contributed by atoms with Gasteiger partial charge in [0.05, 0.1) is 16.1 Å². The van der Waals surface area contributed by atoms with Crippen LogP contribution >= 0.6 is 11.6 Å². The number of carbonyl (C=O) groups excluding carboxylic acids is 1. The van der Waals surface area contributed by atoms with Crippen molar-refractivity contribution in [1.29, 1.82) is 0 Å². The number of aromatic nitrogens is 1. The van der Waals surface area contributed by atoms with E-state index in [1.807, 2.05) is 12.1 Å². The molecule has 10 heteroatoms. The normalized spacial score (nSPS) is 20.9. The molecule has 5 rings (SSSR count). The van der Waals surface area contributed by atoms with Crippen LogP contribution in [0.25, 0.3) is 10.9 Å². The SMILES string of the molecule is CN1CCN(c2ccc(C(=O)N[C@@H]3CCC[C@H](Nc4cc(C(F)(F)F)nc5ccccc45)C3)c(Cl)c2)CC1. The number of fused-ring (bicyclic) bond motifs is 1. The van der Waals surface area contributed by atoms with Gasteiger partial charge in [0, 0.05) is 55.0 Å². The fraction of sp³-hybridized carbons (Fsp3) is 0.429. The first-order chi connectivity index (χ1) is 18.2. The number of hydrogen-bond acceptors (Lipinski definition) is 5. The van der Waals surface area contributed by atoms with Crippen LogP contribution in [0.5, 0.6) is 0 Å². The number of nitrogens with zero attached hydrogens (tertiary/aromatic N) is 3. The molecule has 1 saturated carbocycles. The third-order valence-electron chi connectivity index (χ3n) is 7.44. The first-order valence-corrected chi connectivity index (χ1v) is 13.3. The average molecular weight is 546 g/mol. The van der Waals surface area contributed by atoms with Crippen molar-refractivity contribution in [2.75, 3.05) is 43.4 Å². The van der Waals surface area contributed by atoms with Crippen LogP contribution in [0.3, 0.4) is 0 Å². The topological polar surface area (TPSA) is 60.5 Å². The second kappa shape index (κ2) is 11.0. The monoisotopic (exact) mass is 545 g/mol. The molecule has 0 spiro atoms. The van der Waals surface area contributed by atoms with Gasteiger partial charge < -0.3 is 20.4 Å². The Morgan fingerprint density at radius 1 is 1.03 bits per heavy atom. The molecule has 1 aliphatic carbocycles. The summed E-state index contributed by atoms with van der Waals surface area (Å²) in [5.41, 5.74) is 1.20. The van der Waals surface area contributed by atoms with Gasteiger partial charge in [0.1, 0.15) is 5.69 Å². The standard InChI is InChI=1S/C28H31ClF3N5O/c1-36-11-13-37(14-12-36)20-9-10-21(23(29)16-20)27(38)34-19-6-4-5-18(15-19)33-25-17-26(28(30,31)32)35-24-8-3-2-7-22(24)25/h2-3,7-10,16-19H,4-6,11-15H2,1H3,(H,33,35)(H,34,38)/t18-,19+/m0/s1. The summed E-state index contributed by atoms with van der Waals surface area (Å²) in [5.74, 6) is -0.237. The van der Waals surface area contributed by atoms with Gasteiger partial charge in [0.15, 0.2) is 0 Å². The minimum absolute atomic E-state index is 0.0870. The maximum absolute atomic E-state index is 13.5. The summed E-state index contributed by atoms with van der Waals surface area (Å²) in [7, 11) is 2.10. The van der Waals surface area contributed by atoms with Crippen LogP contribution in [0, 0.1) is 0 Å². The molecule has 202 valence electrons. The number of piperazine rings is 1. The number of amides is 1. The lowest BCUT2D eigenvalue weighted by Crippen LogP contribution is -2.44. The highest BCUT2D eigenvalue weighted by molar-refractivity contribution is 6.34. The fourth-order valence-corrected chi connectivity index (χ4v) is 5.59. The molecule has 0 bridgehead atoms. The molecular weight excluding hydrogens is 515 g/mol. The number of alkyl halides is 3. The Morgan fingerprint density at radius 2 is 1.76 bits per heavy atom. The van der Waals surface area contributed by atoms with E-state index in [1.54, 1.807) is 30.3 Å². The molecule has 1 aromatic heterocycles. The third-order valence-corrected chi connectivity index (χ3v) is 7.75. The van der Waals surface area contributed by atoms with Crippen LogP contribution < -0.4 is 15.5 Å². The Morgan fingerprint density at radius 3 is 2.50 bits per heavy atom. The molecule has 38 heavy (non-hydrogen) atoms. The van der Waals surface area contributed by atoms with Crippen molar-refractivity contribution in [3.63, 3.8) is 0 Å². The predicted octanol–water partition coefficient (Wildman–Crippen LogP) is 5.81. The van der Waals surface area contributed by atoms with Crippen LogP contribution in [0.2, 0.25) is 5.02 Å². The predicted molar refractivity (Wildman–Crippen MR) is 145 cm³/mol. The van der Waals surface area contributed by atoms with E-state index in [2.05, 4.69) is 32.5 Å². The van der Waals surface area contributed by atoms with Gasteiger partial charge in [0.25, 0.3) is 5.91 Å². The molecule has 2 N–H and O–H groups in total. The highest BCUT2D eigenvalue weighted by Gasteiger charge is 2.34. The summed E-state index contributed by atoms with van der Waals surface area (Å²) in [4.78, 5) is 21.4. The largest absolute Gasteiger partial charge is 0.433 e. The van der Waals surface area contributed by atoms with E-state index in [9.17, 15) is 18.0 Å². The van der Waals surface area contributed by atoms with E-state index in [0.29, 0.717) is 33.6 Å². The third kappa shape index (κ3) is 5.99. The number of hydrogen-bond donors (Lipinski definition) is 2. The number of anilines is 2. The lowest BCUT2D eigenvalue weighted by molar-refractivity contribution is -0.140. The number of pyridine rings is 1. The summed E-state index contributed by atoms with van der Waals surface area (Å²) in [5, 5.41) is 7.45. The van der Waals surface area contributed by atoms with Gasteiger partial charge in [-0.2, -0.15) is 13.2 Å². The Kier molecular flexibility index (Phi) is 7.68. The first kappa shape index (κ1) is 26.6. The zero-order valence-electron chi connectivity index (χ0n) is 21.2. The maximum atomic E-state index is 13.5. The van der Waals surface area contributed by atoms with Crippen molar-refractivity contribution in [2.24, 2.45) is 0 Å². The van der Waals surface area contributed by atoms with E-state index in [4.69, 9.17) is 11.6 Å². The van der Waals surface area contributed by atoms with Gasteiger partial charge in [-0.05, 0) is 63.1 Å². The number of halogens is 4. The summed E-state index contributed by atoms with van der Waals surface area (Å²) >= 11 is 6.52. The van der Waals surface area contributed by atoms with Gasteiger partial charge in [-0.1, -0.05) is 29.8 Å². The molecule has 6 nitrogen and oxygen atoms in total. The van der Waals surface area contributed by atoms with Crippen molar-refractivity contribution >= 4 is 39.8 Å². The molecule has 0 radical (unpaired) electrons. The Labute approximate surface area is 225 Å². The average Bonchev–Trinajstić information content (AvgIpc) is 2.88. The zero-order chi connectivity index (χ0) is 26.9. The number of nitrogens with one attached hydrogen (secondary N) is 2. The Hall–Kier alpha value is -3.04. The van der Waals surface area contributed by atoms with Gasteiger partial charge in [-0.15, -0.1) is 0 Å². The van der Waals surface area contributed by atoms with Crippen molar-refractivity contribution in [3.05, 3.63) is 64.8 Å². The van der Waals surface area contributed by atoms with Gasteiger partial charge in [0.2, 0.25) is 0 Å². The lowest BCUT2D eigenvalue weighted by Gasteiger charge is -2.34. The second-order valence-corrected chi connectivity index (χ2v) is 10.6. The Bertz CT molecular complexity index is 1310. The molecule has 3 aromatic rings. The highest BCUT2D eigenvalue weighted by atomic mass is 35.5. The van der Waals surface area contributed by atoms with Crippen LogP contribution in [0.4, 0.5) is 24.5 Å². The summed E-state index contributed by atoms with van der Waals surface area (Å²) in [6.45, 7) is 3.77. The molecule has 2 fully saturated rings.